The zero-order valence-corrected chi connectivity index (χ0v) is 18.9. The number of rotatable bonds is 5. The number of phenolic OH excluding ortho intramolecular Hbond substituents is 1. The first-order chi connectivity index (χ1) is 17.4. The molecule has 1 aliphatic carbocycles. The fourth-order valence-electron chi connectivity index (χ4n) is 4.26. The molecular weight excluding hydrogens is 466 g/mol. The molecule has 0 saturated heterocycles. The number of aromatic hydroxyl groups is 1. The van der Waals surface area contributed by atoms with Gasteiger partial charge in [-0.1, -0.05) is 30.3 Å². The number of phenols is 1. The number of hydrogen-bond donors (Lipinski definition) is 2. The zero-order valence-electron chi connectivity index (χ0n) is 18.9. The zero-order chi connectivity index (χ0) is 25.2. The molecular formula is C28H20F2N2O4. The molecule has 0 bridgehead atoms. The Morgan fingerprint density at radius 2 is 1.81 bits per heavy atom. The molecule has 0 saturated carbocycles. The lowest BCUT2D eigenvalue weighted by Gasteiger charge is -2.13. The van der Waals surface area contributed by atoms with E-state index >= 15 is 0 Å². The summed E-state index contributed by atoms with van der Waals surface area (Å²) in [5.41, 5.74) is 3.99. The van der Waals surface area contributed by atoms with E-state index in [1.807, 2.05) is 12.1 Å². The third kappa shape index (κ3) is 4.65. The van der Waals surface area contributed by atoms with Crippen molar-refractivity contribution in [3.05, 3.63) is 101 Å². The van der Waals surface area contributed by atoms with Crippen molar-refractivity contribution in [1.82, 2.24) is 4.98 Å². The minimum Gasteiger partial charge on any atom is -0.508 e. The molecule has 0 atom stereocenters. The van der Waals surface area contributed by atoms with Crippen LogP contribution in [0.1, 0.15) is 33.6 Å². The average Bonchev–Trinajstić information content (AvgIpc) is 3.26. The van der Waals surface area contributed by atoms with Gasteiger partial charge < -0.3 is 15.2 Å². The van der Waals surface area contributed by atoms with Crippen molar-refractivity contribution in [3.63, 3.8) is 0 Å². The molecule has 1 heterocycles. The first-order valence-electron chi connectivity index (χ1n) is 11.2. The Hall–Kier alpha value is -4.59. The maximum atomic E-state index is 13.8. The van der Waals surface area contributed by atoms with Gasteiger partial charge in [0.1, 0.15) is 17.4 Å². The van der Waals surface area contributed by atoms with E-state index in [1.54, 1.807) is 42.5 Å². The van der Waals surface area contributed by atoms with Crippen molar-refractivity contribution < 1.29 is 28.2 Å². The molecule has 5 rings (SSSR count). The van der Waals surface area contributed by atoms with Gasteiger partial charge in [-0.15, -0.1) is 0 Å². The summed E-state index contributed by atoms with van der Waals surface area (Å²) in [6.45, 7) is -0.642. The maximum absolute atomic E-state index is 13.8. The molecule has 0 unspecified atom stereocenters. The van der Waals surface area contributed by atoms with Crippen molar-refractivity contribution in [2.75, 3.05) is 11.9 Å². The van der Waals surface area contributed by atoms with Crippen LogP contribution in [0.15, 0.2) is 66.7 Å². The Morgan fingerprint density at radius 3 is 2.58 bits per heavy atom. The molecule has 1 aromatic heterocycles. The SMILES string of the molecule is O=C(COC(=O)c1c2c(nc3ccccc13)/C(=C\c1ccc(O)cc1)CC2)Nc1ccc(F)cc1F. The normalized spacial score (nSPS) is 13.6. The molecule has 1 amide bonds. The summed E-state index contributed by atoms with van der Waals surface area (Å²) >= 11 is 0. The fourth-order valence-corrected chi connectivity index (χ4v) is 4.26. The molecule has 2 N–H and O–H groups in total. The molecule has 180 valence electrons. The van der Waals surface area contributed by atoms with Crippen LogP contribution in [0.5, 0.6) is 5.75 Å². The molecule has 0 aliphatic heterocycles. The van der Waals surface area contributed by atoms with Crippen LogP contribution in [-0.4, -0.2) is 28.6 Å². The summed E-state index contributed by atoms with van der Waals surface area (Å²) in [7, 11) is 0. The highest BCUT2D eigenvalue weighted by Crippen LogP contribution is 2.38. The summed E-state index contributed by atoms with van der Waals surface area (Å²) in [4.78, 5) is 30.2. The van der Waals surface area contributed by atoms with E-state index in [0.717, 1.165) is 28.8 Å². The van der Waals surface area contributed by atoms with Gasteiger partial charge in [0.2, 0.25) is 0 Å². The van der Waals surface area contributed by atoms with Crippen molar-refractivity contribution in [2.45, 2.75) is 12.8 Å². The predicted octanol–water partition coefficient (Wildman–Crippen LogP) is 5.50. The molecule has 1 aliphatic rings. The average molecular weight is 486 g/mol. The number of nitrogens with one attached hydrogen (secondary N) is 1. The Kier molecular flexibility index (Phi) is 6.16. The van der Waals surface area contributed by atoms with Crippen LogP contribution in [0.25, 0.3) is 22.6 Å². The number of para-hydroxylation sites is 1. The standard InChI is InChI=1S/C28H20F2N2O4/c29-18-8-12-24(22(30)14-18)31-25(34)15-36-28(35)26-20-3-1-2-4-23(20)32-27-17(7-11-21(26)27)13-16-5-9-19(33)10-6-16/h1-6,8-10,12-14,33H,7,11,15H2,(H,31,34)/b17-13-. The lowest BCUT2D eigenvalue weighted by atomic mass is 10.0. The smallest absolute Gasteiger partial charge is 0.339 e. The van der Waals surface area contributed by atoms with E-state index in [4.69, 9.17) is 9.72 Å². The number of pyridine rings is 1. The molecule has 0 fully saturated rings. The third-order valence-corrected chi connectivity index (χ3v) is 5.92. The predicted molar refractivity (Wildman–Crippen MR) is 131 cm³/mol. The maximum Gasteiger partial charge on any atom is 0.339 e. The van der Waals surface area contributed by atoms with Crippen LogP contribution in [0, 0.1) is 11.6 Å². The highest BCUT2D eigenvalue weighted by Gasteiger charge is 2.28. The number of allylic oxidation sites excluding steroid dienone is 1. The number of benzene rings is 3. The lowest BCUT2D eigenvalue weighted by Crippen LogP contribution is -2.22. The number of carbonyl (C=O) groups is 2. The van der Waals surface area contributed by atoms with Crippen LogP contribution in [0.2, 0.25) is 0 Å². The second kappa shape index (κ2) is 9.58. The van der Waals surface area contributed by atoms with Gasteiger partial charge >= 0.3 is 5.97 Å². The Morgan fingerprint density at radius 1 is 1.03 bits per heavy atom. The Balaban J connectivity index is 1.42. The van der Waals surface area contributed by atoms with Crippen molar-refractivity contribution in [3.8, 4) is 5.75 Å². The number of hydrogen-bond acceptors (Lipinski definition) is 5. The van der Waals surface area contributed by atoms with Gasteiger partial charge in [0, 0.05) is 11.5 Å². The lowest BCUT2D eigenvalue weighted by molar-refractivity contribution is -0.119. The quantitative estimate of drug-likeness (QED) is 0.364. The van der Waals surface area contributed by atoms with Gasteiger partial charge in [-0.3, -0.25) is 4.79 Å². The van der Waals surface area contributed by atoms with Crippen LogP contribution in [0.3, 0.4) is 0 Å². The molecule has 36 heavy (non-hydrogen) atoms. The van der Waals surface area contributed by atoms with Gasteiger partial charge in [-0.2, -0.15) is 0 Å². The summed E-state index contributed by atoms with van der Waals surface area (Å²) in [5, 5.41) is 12.4. The number of carbonyl (C=O) groups excluding carboxylic acids is 2. The van der Waals surface area contributed by atoms with Crippen LogP contribution in [0.4, 0.5) is 14.5 Å². The molecule has 6 nitrogen and oxygen atoms in total. The highest BCUT2D eigenvalue weighted by molar-refractivity contribution is 6.08. The van der Waals surface area contributed by atoms with Gasteiger partial charge in [0.25, 0.3) is 5.91 Å². The van der Waals surface area contributed by atoms with E-state index < -0.39 is 30.1 Å². The van der Waals surface area contributed by atoms with E-state index in [-0.39, 0.29) is 11.4 Å². The summed E-state index contributed by atoms with van der Waals surface area (Å²) in [6.07, 6.45) is 3.19. The Labute approximate surface area is 204 Å². The molecule has 0 spiro atoms. The largest absolute Gasteiger partial charge is 0.508 e. The van der Waals surface area contributed by atoms with Crippen LogP contribution in [-0.2, 0) is 16.0 Å². The number of aromatic nitrogens is 1. The summed E-state index contributed by atoms with van der Waals surface area (Å²) < 4.78 is 32.2. The number of nitrogens with zero attached hydrogens (tertiary/aromatic N) is 1. The second-order valence-corrected chi connectivity index (χ2v) is 8.34. The van der Waals surface area contributed by atoms with Gasteiger partial charge in [-0.25, -0.2) is 18.6 Å². The van der Waals surface area contributed by atoms with E-state index in [1.165, 1.54) is 0 Å². The van der Waals surface area contributed by atoms with Crippen molar-refractivity contribution in [1.29, 1.82) is 0 Å². The molecule has 0 radical (unpaired) electrons. The molecule has 4 aromatic rings. The van der Waals surface area contributed by atoms with Gasteiger partial charge in [0.15, 0.2) is 6.61 Å². The van der Waals surface area contributed by atoms with E-state index in [9.17, 15) is 23.5 Å². The minimum atomic E-state index is -0.930. The minimum absolute atomic E-state index is 0.171. The van der Waals surface area contributed by atoms with E-state index in [2.05, 4.69) is 5.32 Å². The number of amides is 1. The first kappa shape index (κ1) is 23.2. The topological polar surface area (TPSA) is 88.5 Å². The monoisotopic (exact) mass is 486 g/mol. The number of halogens is 2. The number of fused-ring (bicyclic) bond motifs is 2. The molecule has 3 aromatic carbocycles. The first-order valence-corrected chi connectivity index (χ1v) is 11.2. The van der Waals surface area contributed by atoms with Crippen LogP contribution < -0.4 is 5.32 Å². The second-order valence-electron chi connectivity index (χ2n) is 8.34. The van der Waals surface area contributed by atoms with E-state index in [0.29, 0.717) is 41.1 Å². The van der Waals surface area contributed by atoms with Crippen LogP contribution >= 0.6 is 0 Å². The summed E-state index contributed by atoms with van der Waals surface area (Å²) in [5.74, 6) is -2.97. The highest BCUT2D eigenvalue weighted by atomic mass is 19.1. The number of anilines is 1. The number of esters is 1. The molecule has 8 heteroatoms. The third-order valence-electron chi connectivity index (χ3n) is 5.92. The van der Waals surface area contributed by atoms with Gasteiger partial charge in [-0.05, 0) is 65.9 Å². The fraction of sp³-hybridized carbons (Fsp3) is 0.107. The Bertz CT molecular complexity index is 1530. The van der Waals surface area contributed by atoms with Crippen molar-refractivity contribution in [2.24, 2.45) is 0 Å². The van der Waals surface area contributed by atoms with Gasteiger partial charge in [0.05, 0.1) is 22.5 Å². The summed E-state index contributed by atoms with van der Waals surface area (Å²) in [6, 6.07) is 16.7. The number of ether oxygens (including phenoxy) is 1. The van der Waals surface area contributed by atoms with Crippen molar-refractivity contribution >= 4 is 40.1 Å².